The van der Waals surface area contributed by atoms with Crippen LogP contribution in [0.1, 0.15) is 23.3 Å². The molecule has 1 amide bonds. The highest BCUT2D eigenvalue weighted by atomic mass is 35.5. The van der Waals surface area contributed by atoms with Crippen molar-refractivity contribution in [3.8, 4) is 0 Å². The number of fused-ring (bicyclic) bond motifs is 1. The first-order valence-corrected chi connectivity index (χ1v) is 7.52. The highest BCUT2D eigenvalue weighted by molar-refractivity contribution is 6.18. The standard InChI is InChI=1S/C16H17ClN2O/c17-11-12-7-9-19(10-8-12)16(20)15-6-5-13-3-1-2-4-14(13)18-15/h1-6,12H,7-11H2. The minimum Gasteiger partial charge on any atom is -0.337 e. The second-order valence-corrected chi connectivity index (χ2v) is 5.59. The number of hydrogen-bond acceptors (Lipinski definition) is 2. The first kappa shape index (κ1) is 13.4. The summed E-state index contributed by atoms with van der Waals surface area (Å²) < 4.78 is 0. The quantitative estimate of drug-likeness (QED) is 0.794. The van der Waals surface area contributed by atoms with E-state index in [2.05, 4.69) is 4.98 Å². The number of rotatable bonds is 2. The lowest BCUT2D eigenvalue weighted by Gasteiger charge is -2.30. The van der Waals surface area contributed by atoms with E-state index in [1.807, 2.05) is 41.3 Å². The van der Waals surface area contributed by atoms with Crippen molar-refractivity contribution in [1.82, 2.24) is 9.88 Å². The number of amides is 1. The van der Waals surface area contributed by atoms with Gasteiger partial charge in [-0.25, -0.2) is 4.98 Å². The number of para-hydroxylation sites is 1. The molecular weight excluding hydrogens is 272 g/mol. The Morgan fingerprint density at radius 2 is 1.95 bits per heavy atom. The predicted octanol–water partition coefficient (Wildman–Crippen LogP) is 3.33. The first-order chi connectivity index (χ1) is 9.78. The summed E-state index contributed by atoms with van der Waals surface area (Å²) in [6.07, 6.45) is 1.98. The maximum Gasteiger partial charge on any atom is 0.272 e. The number of likely N-dealkylation sites (tertiary alicyclic amines) is 1. The molecule has 1 aromatic carbocycles. The average molecular weight is 289 g/mol. The summed E-state index contributed by atoms with van der Waals surface area (Å²) in [6.45, 7) is 1.56. The van der Waals surface area contributed by atoms with Gasteiger partial charge < -0.3 is 4.90 Å². The van der Waals surface area contributed by atoms with Gasteiger partial charge in [0, 0.05) is 24.4 Å². The molecule has 0 aliphatic carbocycles. The van der Waals surface area contributed by atoms with Crippen LogP contribution in [0.25, 0.3) is 10.9 Å². The van der Waals surface area contributed by atoms with E-state index in [9.17, 15) is 4.79 Å². The number of aromatic nitrogens is 1. The molecular formula is C16H17ClN2O. The fraction of sp³-hybridized carbons (Fsp3) is 0.375. The molecule has 0 N–H and O–H groups in total. The highest BCUT2D eigenvalue weighted by Gasteiger charge is 2.23. The van der Waals surface area contributed by atoms with E-state index in [0.29, 0.717) is 17.5 Å². The fourth-order valence-electron chi connectivity index (χ4n) is 2.64. The summed E-state index contributed by atoms with van der Waals surface area (Å²) in [4.78, 5) is 18.8. The van der Waals surface area contributed by atoms with E-state index in [1.165, 1.54) is 0 Å². The second-order valence-electron chi connectivity index (χ2n) is 5.28. The third-order valence-electron chi connectivity index (χ3n) is 3.94. The predicted molar refractivity (Wildman–Crippen MR) is 81.1 cm³/mol. The molecule has 2 heterocycles. The van der Waals surface area contributed by atoms with E-state index >= 15 is 0 Å². The van der Waals surface area contributed by atoms with Crippen LogP contribution in [-0.4, -0.2) is 34.8 Å². The number of pyridine rings is 1. The molecule has 0 spiro atoms. The molecule has 104 valence electrons. The van der Waals surface area contributed by atoms with E-state index in [-0.39, 0.29) is 5.91 Å². The fourth-order valence-corrected chi connectivity index (χ4v) is 2.95. The van der Waals surface area contributed by atoms with Gasteiger partial charge in [-0.1, -0.05) is 24.3 Å². The summed E-state index contributed by atoms with van der Waals surface area (Å²) in [5.74, 6) is 1.27. The molecule has 1 aliphatic heterocycles. The summed E-state index contributed by atoms with van der Waals surface area (Å²) in [5, 5.41) is 1.06. The number of piperidine rings is 1. The molecule has 2 aromatic rings. The van der Waals surface area contributed by atoms with Crippen molar-refractivity contribution in [1.29, 1.82) is 0 Å². The normalized spacial score (nSPS) is 16.6. The van der Waals surface area contributed by atoms with Gasteiger partial charge in [-0.3, -0.25) is 4.79 Å². The smallest absolute Gasteiger partial charge is 0.272 e. The monoisotopic (exact) mass is 288 g/mol. The zero-order valence-corrected chi connectivity index (χ0v) is 12.0. The molecule has 1 aromatic heterocycles. The van der Waals surface area contributed by atoms with Gasteiger partial charge >= 0.3 is 0 Å². The molecule has 1 saturated heterocycles. The third-order valence-corrected chi connectivity index (χ3v) is 4.37. The van der Waals surface area contributed by atoms with Gasteiger partial charge in [0.25, 0.3) is 5.91 Å². The highest BCUT2D eigenvalue weighted by Crippen LogP contribution is 2.20. The maximum absolute atomic E-state index is 12.5. The number of benzene rings is 1. The molecule has 4 heteroatoms. The Hall–Kier alpha value is -1.61. The summed E-state index contributed by atoms with van der Waals surface area (Å²) in [5.41, 5.74) is 1.40. The molecule has 20 heavy (non-hydrogen) atoms. The minimum absolute atomic E-state index is 0.0313. The number of carbonyl (C=O) groups excluding carboxylic acids is 1. The third kappa shape index (κ3) is 2.63. The lowest BCUT2D eigenvalue weighted by atomic mass is 9.99. The van der Waals surface area contributed by atoms with E-state index in [0.717, 1.165) is 36.8 Å². The van der Waals surface area contributed by atoms with E-state index < -0.39 is 0 Å². The van der Waals surface area contributed by atoms with Crippen molar-refractivity contribution in [3.63, 3.8) is 0 Å². The molecule has 0 atom stereocenters. The van der Waals surface area contributed by atoms with Gasteiger partial charge in [-0.15, -0.1) is 11.6 Å². The van der Waals surface area contributed by atoms with Crippen molar-refractivity contribution >= 4 is 28.4 Å². The van der Waals surface area contributed by atoms with Crippen molar-refractivity contribution in [2.24, 2.45) is 5.92 Å². The first-order valence-electron chi connectivity index (χ1n) is 6.99. The van der Waals surface area contributed by atoms with E-state index in [4.69, 9.17) is 11.6 Å². The maximum atomic E-state index is 12.5. The van der Waals surface area contributed by atoms with Gasteiger partial charge in [0.15, 0.2) is 0 Å². The van der Waals surface area contributed by atoms with E-state index in [1.54, 1.807) is 0 Å². The van der Waals surface area contributed by atoms with Crippen molar-refractivity contribution in [2.45, 2.75) is 12.8 Å². The summed E-state index contributed by atoms with van der Waals surface area (Å²) >= 11 is 5.87. The van der Waals surface area contributed by atoms with Crippen molar-refractivity contribution < 1.29 is 4.79 Å². The lowest BCUT2D eigenvalue weighted by molar-refractivity contribution is 0.0692. The Bertz CT molecular complexity index is 621. The van der Waals surface area contributed by atoms with Crippen LogP contribution in [0.4, 0.5) is 0 Å². The number of alkyl halides is 1. The number of carbonyl (C=O) groups is 1. The zero-order chi connectivity index (χ0) is 13.9. The Morgan fingerprint density at radius 1 is 1.20 bits per heavy atom. The van der Waals surface area contributed by atoms with Crippen LogP contribution >= 0.6 is 11.6 Å². The average Bonchev–Trinajstić information content (AvgIpc) is 2.54. The SMILES string of the molecule is O=C(c1ccc2ccccc2n1)N1CCC(CCl)CC1. The molecule has 0 radical (unpaired) electrons. The molecule has 1 fully saturated rings. The van der Waals surface area contributed by atoms with Crippen LogP contribution in [-0.2, 0) is 0 Å². The topological polar surface area (TPSA) is 33.2 Å². The van der Waals surface area contributed by atoms with Crippen molar-refractivity contribution in [2.75, 3.05) is 19.0 Å². The molecule has 0 bridgehead atoms. The Balaban J connectivity index is 1.79. The molecule has 1 aliphatic rings. The largest absolute Gasteiger partial charge is 0.337 e. The number of halogens is 1. The number of nitrogens with zero attached hydrogens (tertiary/aromatic N) is 2. The number of hydrogen-bond donors (Lipinski definition) is 0. The van der Waals surface area contributed by atoms with Gasteiger partial charge in [-0.2, -0.15) is 0 Å². The molecule has 0 saturated carbocycles. The van der Waals surface area contributed by atoms with Crippen molar-refractivity contribution in [3.05, 3.63) is 42.1 Å². The van der Waals surface area contributed by atoms with Crippen LogP contribution in [0.3, 0.4) is 0 Å². The zero-order valence-electron chi connectivity index (χ0n) is 11.3. The second kappa shape index (κ2) is 5.80. The van der Waals surface area contributed by atoms with Crippen LogP contribution in [0.2, 0.25) is 0 Å². The van der Waals surface area contributed by atoms with Crippen LogP contribution in [0, 0.1) is 5.92 Å². The lowest BCUT2D eigenvalue weighted by Crippen LogP contribution is -2.39. The molecule has 3 rings (SSSR count). The van der Waals surface area contributed by atoms with Gasteiger partial charge in [-0.05, 0) is 30.9 Å². The van der Waals surface area contributed by atoms with Gasteiger partial charge in [0.05, 0.1) is 5.52 Å². The van der Waals surface area contributed by atoms with Gasteiger partial charge in [0.1, 0.15) is 5.69 Å². The Morgan fingerprint density at radius 3 is 2.70 bits per heavy atom. The Kier molecular flexibility index (Phi) is 3.88. The Labute approximate surface area is 123 Å². The van der Waals surface area contributed by atoms with Crippen LogP contribution in [0.5, 0.6) is 0 Å². The van der Waals surface area contributed by atoms with Crippen LogP contribution in [0.15, 0.2) is 36.4 Å². The molecule has 0 unspecified atom stereocenters. The minimum atomic E-state index is 0.0313. The molecule has 3 nitrogen and oxygen atoms in total. The van der Waals surface area contributed by atoms with Crippen LogP contribution < -0.4 is 0 Å². The summed E-state index contributed by atoms with van der Waals surface area (Å²) in [7, 11) is 0. The summed E-state index contributed by atoms with van der Waals surface area (Å²) in [6, 6.07) is 11.6. The van der Waals surface area contributed by atoms with Gasteiger partial charge in [0.2, 0.25) is 0 Å².